The number of hydrogen-bond donors (Lipinski definition) is 0. The summed E-state index contributed by atoms with van der Waals surface area (Å²) in [6.45, 7) is 4.98. The Hall–Kier alpha value is -0.830. The number of carbonyl (C=O) groups is 1. The van der Waals surface area contributed by atoms with Crippen molar-refractivity contribution in [2.45, 2.75) is 39.2 Å². The van der Waals surface area contributed by atoms with Crippen LogP contribution >= 0.6 is 11.6 Å². The normalized spacial score (nSPS) is 16.0. The Labute approximate surface area is 94.4 Å². The van der Waals surface area contributed by atoms with Crippen LogP contribution in [0.5, 0.6) is 0 Å². The van der Waals surface area contributed by atoms with E-state index in [4.69, 9.17) is 11.6 Å². The smallest absolute Gasteiger partial charge is 0.155 e. The highest BCUT2D eigenvalue weighted by molar-refractivity contribution is 6.32. The van der Waals surface area contributed by atoms with Crippen LogP contribution in [0.2, 0.25) is 5.15 Å². The molecule has 0 atom stereocenters. The lowest BCUT2D eigenvalue weighted by molar-refractivity contribution is 0.112. The number of hydrogen-bond acceptors (Lipinski definition) is 2. The second kappa shape index (κ2) is 3.97. The minimum atomic E-state index is 0.469. The maximum atomic E-state index is 10.9. The molecule has 0 spiro atoms. The van der Waals surface area contributed by atoms with E-state index in [-0.39, 0.29) is 0 Å². The standard InChI is InChI=1S/C11H15ClN2O/c1-7(2)5-14-11(12)9(6-15)10(13-14)8-3-4-8/h6-8H,3-5H2,1-2H3. The van der Waals surface area contributed by atoms with Crippen molar-refractivity contribution in [2.24, 2.45) is 5.92 Å². The van der Waals surface area contributed by atoms with Gasteiger partial charge in [-0.1, -0.05) is 25.4 Å². The summed E-state index contributed by atoms with van der Waals surface area (Å²) in [5, 5.41) is 4.94. The summed E-state index contributed by atoms with van der Waals surface area (Å²) >= 11 is 6.11. The molecule has 0 saturated heterocycles. The molecule has 1 aromatic rings. The minimum absolute atomic E-state index is 0.469. The highest BCUT2D eigenvalue weighted by Gasteiger charge is 2.31. The number of aldehydes is 1. The van der Waals surface area contributed by atoms with E-state index in [2.05, 4.69) is 18.9 Å². The van der Waals surface area contributed by atoms with Crippen molar-refractivity contribution >= 4 is 17.9 Å². The molecule has 1 aliphatic carbocycles. The Bertz CT molecular complexity index is 380. The number of nitrogens with zero attached hydrogens (tertiary/aromatic N) is 2. The van der Waals surface area contributed by atoms with Crippen molar-refractivity contribution in [1.82, 2.24) is 9.78 Å². The van der Waals surface area contributed by atoms with E-state index in [0.29, 0.717) is 22.6 Å². The van der Waals surface area contributed by atoms with Crippen molar-refractivity contribution in [3.8, 4) is 0 Å². The highest BCUT2D eigenvalue weighted by Crippen LogP contribution is 2.42. The van der Waals surface area contributed by atoms with E-state index < -0.39 is 0 Å². The van der Waals surface area contributed by atoms with Gasteiger partial charge in [-0.25, -0.2) is 0 Å². The van der Waals surface area contributed by atoms with Crippen LogP contribution in [0.4, 0.5) is 0 Å². The van der Waals surface area contributed by atoms with Crippen molar-refractivity contribution in [3.05, 3.63) is 16.4 Å². The third kappa shape index (κ3) is 2.07. The van der Waals surface area contributed by atoms with Gasteiger partial charge in [0.15, 0.2) is 6.29 Å². The maximum absolute atomic E-state index is 10.9. The molecule has 2 rings (SSSR count). The van der Waals surface area contributed by atoms with Crippen molar-refractivity contribution in [3.63, 3.8) is 0 Å². The minimum Gasteiger partial charge on any atom is -0.298 e. The topological polar surface area (TPSA) is 34.9 Å². The zero-order valence-electron chi connectivity index (χ0n) is 9.03. The molecule has 0 bridgehead atoms. The summed E-state index contributed by atoms with van der Waals surface area (Å²) in [5.74, 6) is 0.949. The van der Waals surface area contributed by atoms with E-state index >= 15 is 0 Å². The van der Waals surface area contributed by atoms with Gasteiger partial charge >= 0.3 is 0 Å². The Balaban J connectivity index is 2.35. The average Bonchev–Trinajstić information content (AvgIpc) is 2.94. The number of carbonyl (C=O) groups excluding carboxylic acids is 1. The largest absolute Gasteiger partial charge is 0.298 e. The zero-order chi connectivity index (χ0) is 11.0. The summed E-state index contributed by atoms with van der Waals surface area (Å²) in [6, 6.07) is 0. The first kappa shape index (κ1) is 10.7. The third-order valence-electron chi connectivity index (χ3n) is 2.57. The van der Waals surface area contributed by atoms with Crippen LogP contribution in [0.15, 0.2) is 0 Å². The lowest BCUT2D eigenvalue weighted by Crippen LogP contribution is -2.06. The zero-order valence-corrected chi connectivity index (χ0v) is 9.79. The molecular formula is C11H15ClN2O. The molecule has 1 fully saturated rings. The van der Waals surface area contributed by atoms with Gasteiger partial charge in [0.2, 0.25) is 0 Å². The summed E-state index contributed by atoms with van der Waals surface area (Å²) in [4.78, 5) is 10.9. The molecule has 82 valence electrons. The fourth-order valence-electron chi connectivity index (χ4n) is 1.71. The van der Waals surface area contributed by atoms with Gasteiger partial charge in [0.25, 0.3) is 0 Å². The Morgan fingerprint density at radius 1 is 1.60 bits per heavy atom. The molecule has 0 amide bonds. The average molecular weight is 227 g/mol. The molecule has 1 saturated carbocycles. The lowest BCUT2D eigenvalue weighted by atomic mass is 10.2. The molecule has 3 nitrogen and oxygen atoms in total. The molecule has 0 aliphatic heterocycles. The van der Waals surface area contributed by atoms with Crippen LogP contribution in [-0.2, 0) is 6.54 Å². The molecule has 1 aliphatic rings. The predicted octanol–water partition coefficient (Wildman–Crippen LogP) is 2.88. The number of halogens is 1. The van der Waals surface area contributed by atoms with Gasteiger partial charge < -0.3 is 0 Å². The van der Waals surface area contributed by atoms with Gasteiger partial charge in [0, 0.05) is 12.5 Å². The van der Waals surface area contributed by atoms with Crippen LogP contribution < -0.4 is 0 Å². The van der Waals surface area contributed by atoms with Gasteiger partial charge in [0.05, 0.1) is 11.3 Å². The molecule has 0 unspecified atom stereocenters. The first-order valence-corrected chi connectivity index (χ1v) is 5.72. The Kier molecular flexibility index (Phi) is 2.83. The van der Waals surface area contributed by atoms with Crippen LogP contribution in [0.25, 0.3) is 0 Å². The molecular weight excluding hydrogens is 212 g/mol. The molecule has 4 heteroatoms. The van der Waals surface area contributed by atoms with E-state index in [1.165, 1.54) is 0 Å². The Morgan fingerprint density at radius 3 is 2.73 bits per heavy atom. The van der Waals surface area contributed by atoms with Crippen molar-refractivity contribution in [2.75, 3.05) is 0 Å². The van der Waals surface area contributed by atoms with E-state index in [1.807, 2.05) is 0 Å². The van der Waals surface area contributed by atoms with Gasteiger partial charge in [-0.3, -0.25) is 9.48 Å². The SMILES string of the molecule is CC(C)Cn1nc(C2CC2)c(C=O)c1Cl. The van der Waals surface area contributed by atoms with Crippen LogP contribution in [0, 0.1) is 5.92 Å². The van der Waals surface area contributed by atoms with Crippen molar-refractivity contribution < 1.29 is 4.79 Å². The molecule has 15 heavy (non-hydrogen) atoms. The fraction of sp³-hybridized carbons (Fsp3) is 0.636. The van der Waals surface area contributed by atoms with E-state index in [0.717, 1.165) is 31.4 Å². The first-order chi connectivity index (χ1) is 7.13. The summed E-state index contributed by atoms with van der Waals surface area (Å²) in [7, 11) is 0. The second-order valence-corrected chi connectivity index (χ2v) is 4.92. The summed E-state index contributed by atoms with van der Waals surface area (Å²) in [5.41, 5.74) is 1.50. The molecule has 0 radical (unpaired) electrons. The monoisotopic (exact) mass is 226 g/mol. The van der Waals surface area contributed by atoms with Crippen LogP contribution in [0.1, 0.15) is 48.7 Å². The first-order valence-electron chi connectivity index (χ1n) is 5.34. The van der Waals surface area contributed by atoms with E-state index in [9.17, 15) is 4.79 Å². The summed E-state index contributed by atoms with van der Waals surface area (Å²) < 4.78 is 1.75. The number of rotatable bonds is 4. The van der Waals surface area contributed by atoms with Gasteiger partial charge in [0.1, 0.15) is 5.15 Å². The number of aromatic nitrogens is 2. The molecule has 0 aromatic carbocycles. The molecule has 1 heterocycles. The summed E-state index contributed by atoms with van der Waals surface area (Å²) in [6.07, 6.45) is 3.10. The lowest BCUT2D eigenvalue weighted by Gasteiger charge is -2.05. The van der Waals surface area contributed by atoms with Crippen LogP contribution in [0.3, 0.4) is 0 Å². The van der Waals surface area contributed by atoms with Gasteiger partial charge in [-0.2, -0.15) is 5.10 Å². The third-order valence-corrected chi connectivity index (χ3v) is 2.97. The second-order valence-electron chi connectivity index (χ2n) is 4.56. The molecule has 1 aromatic heterocycles. The Morgan fingerprint density at radius 2 is 2.27 bits per heavy atom. The van der Waals surface area contributed by atoms with Crippen LogP contribution in [-0.4, -0.2) is 16.1 Å². The predicted molar refractivity (Wildman–Crippen MR) is 59.4 cm³/mol. The van der Waals surface area contributed by atoms with Gasteiger partial charge in [-0.05, 0) is 18.8 Å². The highest BCUT2D eigenvalue weighted by atomic mass is 35.5. The van der Waals surface area contributed by atoms with E-state index in [1.54, 1.807) is 4.68 Å². The van der Waals surface area contributed by atoms with Gasteiger partial charge in [-0.15, -0.1) is 0 Å². The quantitative estimate of drug-likeness (QED) is 0.740. The maximum Gasteiger partial charge on any atom is 0.155 e. The van der Waals surface area contributed by atoms with Crippen molar-refractivity contribution in [1.29, 1.82) is 0 Å². The fourth-order valence-corrected chi connectivity index (χ4v) is 1.95. The molecule has 0 N–H and O–H groups in total.